The summed E-state index contributed by atoms with van der Waals surface area (Å²) in [7, 11) is 0. The summed E-state index contributed by atoms with van der Waals surface area (Å²) in [5.74, 6) is -0.144. The van der Waals surface area contributed by atoms with Gasteiger partial charge >= 0.3 is 0 Å². The molecule has 0 aromatic heterocycles. The Kier molecular flexibility index (Phi) is 2.70. The number of allylic oxidation sites excluding steroid dienone is 1. The molecule has 1 saturated heterocycles. The van der Waals surface area contributed by atoms with Gasteiger partial charge < -0.3 is 4.90 Å². The van der Waals surface area contributed by atoms with Crippen molar-refractivity contribution in [2.45, 2.75) is 19.3 Å². The Balaban J connectivity index is 1.70. The molecule has 1 amide bonds. The van der Waals surface area contributed by atoms with E-state index in [4.69, 9.17) is 0 Å². The Labute approximate surface area is 123 Å². The number of hydrogen-bond donors (Lipinski definition) is 0. The second-order valence-corrected chi connectivity index (χ2v) is 5.70. The third kappa shape index (κ3) is 1.82. The van der Waals surface area contributed by atoms with Crippen LogP contribution in [0.1, 0.15) is 29.6 Å². The lowest BCUT2D eigenvalue weighted by atomic mass is 10.1. The minimum atomic E-state index is -0.0890. The van der Waals surface area contributed by atoms with Crippen LogP contribution in [0.5, 0.6) is 0 Å². The first kappa shape index (κ1) is 12.4. The minimum Gasteiger partial charge on any atom is -0.377 e. The first-order chi connectivity index (χ1) is 10.3. The highest BCUT2D eigenvalue weighted by Crippen LogP contribution is 2.39. The highest BCUT2D eigenvalue weighted by molar-refractivity contribution is 6.31. The minimum absolute atomic E-state index is 0.0546. The van der Waals surface area contributed by atoms with Gasteiger partial charge in [-0.25, -0.2) is 0 Å². The van der Waals surface area contributed by atoms with Crippen LogP contribution in [0.2, 0.25) is 0 Å². The van der Waals surface area contributed by atoms with E-state index in [-0.39, 0.29) is 11.7 Å². The van der Waals surface area contributed by atoms with Gasteiger partial charge in [0, 0.05) is 24.9 Å². The summed E-state index contributed by atoms with van der Waals surface area (Å²) >= 11 is 0. The molecule has 21 heavy (non-hydrogen) atoms. The van der Waals surface area contributed by atoms with Crippen LogP contribution in [0.3, 0.4) is 0 Å². The quantitative estimate of drug-likeness (QED) is 0.742. The third-order valence-corrected chi connectivity index (χ3v) is 4.32. The summed E-state index contributed by atoms with van der Waals surface area (Å²) in [5, 5.41) is 0. The molecule has 4 nitrogen and oxygen atoms in total. The molecule has 3 heterocycles. The normalized spacial score (nSPS) is 22.7. The summed E-state index contributed by atoms with van der Waals surface area (Å²) < 4.78 is 0. The van der Waals surface area contributed by atoms with Crippen LogP contribution in [-0.2, 0) is 4.79 Å². The molecule has 0 saturated carbocycles. The average Bonchev–Trinajstić information content (AvgIpc) is 2.98. The molecule has 4 heteroatoms. The van der Waals surface area contributed by atoms with E-state index in [1.165, 1.54) is 19.3 Å². The Bertz CT molecular complexity index is 696. The van der Waals surface area contributed by atoms with Crippen LogP contribution in [-0.4, -0.2) is 29.7 Å². The standard InChI is InChI=1S/C17H16N2O2/c20-16-13-6-2-3-7-14(13)19-15(16)10-12(17(19)21)11-18-8-4-1-5-9-18/h2-3,6-7,10-11H,1,4-5,8-9H2/b12-11+. The monoisotopic (exact) mass is 280 g/mol. The van der Waals surface area contributed by atoms with E-state index in [1.54, 1.807) is 17.0 Å². The molecular formula is C17H16N2O2. The number of benzene rings is 1. The number of ketones is 1. The van der Waals surface area contributed by atoms with Crippen LogP contribution >= 0.6 is 0 Å². The van der Waals surface area contributed by atoms with Crippen molar-refractivity contribution in [3.05, 3.63) is 53.4 Å². The summed E-state index contributed by atoms with van der Waals surface area (Å²) in [4.78, 5) is 28.7. The highest BCUT2D eigenvalue weighted by atomic mass is 16.2. The van der Waals surface area contributed by atoms with Gasteiger partial charge in [0.1, 0.15) is 0 Å². The van der Waals surface area contributed by atoms with Gasteiger partial charge in [-0.1, -0.05) is 12.1 Å². The van der Waals surface area contributed by atoms with Crippen molar-refractivity contribution in [3.8, 4) is 0 Å². The van der Waals surface area contributed by atoms with E-state index in [0.717, 1.165) is 13.1 Å². The Morgan fingerprint density at radius 1 is 1.00 bits per heavy atom. The number of rotatable bonds is 1. The maximum absolute atomic E-state index is 12.6. The number of Topliss-reactive ketones (excluding diaryl/α,β-unsaturated/α-hetero) is 1. The third-order valence-electron chi connectivity index (χ3n) is 4.32. The summed E-state index contributed by atoms with van der Waals surface area (Å²) in [6, 6.07) is 7.29. The molecule has 0 radical (unpaired) electrons. The van der Waals surface area contributed by atoms with Crippen LogP contribution in [0.4, 0.5) is 5.69 Å². The summed E-state index contributed by atoms with van der Waals surface area (Å²) in [5.41, 5.74) is 2.44. The fourth-order valence-corrected chi connectivity index (χ4v) is 3.25. The molecule has 0 unspecified atom stereocenters. The predicted octanol–water partition coefficient (Wildman–Crippen LogP) is 2.48. The van der Waals surface area contributed by atoms with Gasteiger partial charge in [0.15, 0.2) is 0 Å². The lowest BCUT2D eigenvalue weighted by molar-refractivity contribution is -0.114. The first-order valence-electron chi connectivity index (χ1n) is 7.41. The molecule has 0 aliphatic carbocycles. The molecule has 0 spiro atoms. The molecule has 3 aliphatic heterocycles. The van der Waals surface area contributed by atoms with Gasteiger partial charge in [-0.15, -0.1) is 0 Å². The molecular weight excluding hydrogens is 264 g/mol. The Morgan fingerprint density at radius 2 is 1.76 bits per heavy atom. The van der Waals surface area contributed by atoms with Gasteiger partial charge in [0.25, 0.3) is 5.91 Å². The SMILES string of the molecule is O=C1C2=C/C(=C\N3CCCCC3)C(=O)N2c2ccccc21. The van der Waals surface area contributed by atoms with Crippen molar-refractivity contribution in [3.63, 3.8) is 0 Å². The molecule has 0 atom stereocenters. The highest BCUT2D eigenvalue weighted by Gasteiger charge is 2.41. The summed E-state index contributed by atoms with van der Waals surface area (Å²) in [6.45, 7) is 1.98. The second kappa shape index (κ2) is 4.58. The number of piperidine rings is 1. The Hall–Kier alpha value is -2.36. The fraction of sp³-hybridized carbons (Fsp3) is 0.294. The van der Waals surface area contributed by atoms with Crippen molar-refractivity contribution < 1.29 is 9.59 Å². The topological polar surface area (TPSA) is 40.6 Å². The van der Waals surface area contributed by atoms with Gasteiger partial charge in [-0.05, 0) is 37.5 Å². The van der Waals surface area contributed by atoms with E-state index < -0.39 is 0 Å². The van der Waals surface area contributed by atoms with Crippen LogP contribution in [0.15, 0.2) is 47.8 Å². The number of anilines is 1. The van der Waals surface area contributed by atoms with Crippen LogP contribution in [0, 0.1) is 0 Å². The number of para-hydroxylation sites is 1. The molecule has 1 fully saturated rings. The van der Waals surface area contributed by atoms with Crippen molar-refractivity contribution in [1.29, 1.82) is 0 Å². The van der Waals surface area contributed by atoms with E-state index in [9.17, 15) is 9.59 Å². The smallest absolute Gasteiger partial charge is 0.264 e. The maximum Gasteiger partial charge on any atom is 0.264 e. The van der Waals surface area contributed by atoms with E-state index in [1.807, 2.05) is 24.4 Å². The lowest BCUT2D eigenvalue weighted by Crippen LogP contribution is -2.27. The summed E-state index contributed by atoms with van der Waals surface area (Å²) in [6.07, 6.45) is 7.24. The number of likely N-dealkylation sites (tertiary alicyclic amines) is 1. The fourth-order valence-electron chi connectivity index (χ4n) is 3.25. The molecule has 1 aromatic carbocycles. The van der Waals surface area contributed by atoms with Crippen molar-refractivity contribution in [1.82, 2.24) is 4.90 Å². The number of hydrogen-bond acceptors (Lipinski definition) is 3. The maximum atomic E-state index is 12.6. The van der Waals surface area contributed by atoms with E-state index in [0.29, 0.717) is 22.5 Å². The lowest BCUT2D eigenvalue weighted by Gasteiger charge is -2.25. The van der Waals surface area contributed by atoms with Crippen molar-refractivity contribution >= 4 is 17.4 Å². The molecule has 106 valence electrons. The number of fused-ring (bicyclic) bond motifs is 3. The zero-order chi connectivity index (χ0) is 14.4. The Morgan fingerprint density at radius 3 is 2.57 bits per heavy atom. The van der Waals surface area contributed by atoms with Gasteiger partial charge in [-0.2, -0.15) is 0 Å². The van der Waals surface area contributed by atoms with Crippen molar-refractivity contribution in [2.75, 3.05) is 18.0 Å². The first-order valence-corrected chi connectivity index (χ1v) is 7.41. The number of amides is 1. The molecule has 3 aliphatic rings. The zero-order valence-electron chi connectivity index (χ0n) is 11.7. The van der Waals surface area contributed by atoms with E-state index >= 15 is 0 Å². The number of carbonyl (C=O) groups is 2. The molecule has 1 aromatic rings. The van der Waals surface area contributed by atoms with Gasteiger partial charge in [0.05, 0.1) is 17.0 Å². The van der Waals surface area contributed by atoms with Crippen LogP contribution in [0.25, 0.3) is 0 Å². The van der Waals surface area contributed by atoms with Crippen molar-refractivity contribution in [2.24, 2.45) is 0 Å². The number of nitrogens with zero attached hydrogens (tertiary/aromatic N) is 2. The predicted molar refractivity (Wildman–Crippen MR) is 79.8 cm³/mol. The van der Waals surface area contributed by atoms with Gasteiger partial charge in [0.2, 0.25) is 5.78 Å². The van der Waals surface area contributed by atoms with Gasteiger partial charge in [-0.3, -0.25) is 14.5 Å². The molecule has 4 rings (SSSR count). The average molecular weight is 280 g/mol. The molecule has 0 N–H and O–H groups in total. The zero-order valence-corrected chi connectivity index (χ0v) is 11.7. The van der Waals surface area contributed by atoms with Crippen LogP contribution < -0.4 is 4.90 Å². The number of carbonyl (C=O) groups excluding carboxylic acids is 2. The largest absolute Gasteiger partial charge is 0.377 e. The molecule has 0 bridgehead atoms. The second-order valence-electron chi connectivity index (χ2n) is 5.70. The van der Waals surface area contributed by atoms with E-state index in [2.05, 4.69) is 4.90 Å².